The summed E-state index contributed by atoms with van der Waals surface area (Å²) >= 11 is 0. The second-order valence-electron chi connectivity index (χ2n) is 20.2. The van der Waals surface area contributed by atoms with Crippen LogP contribution in [0.4, 0.5) is 17.1 Å². The van der Waals surface area contributed by atoms with Crippen molar-refractivity contribution in [3.8, 4) is 67.5 Å². The zero-order valence-corrected chi connectivity index (χ0v) is 40.7. The lowest BCUT2D eigenvalue weighted by Gasteiger charge is -2.40. The van der Waals surface area contributed by atoms with Crippen LogP contribution in [0.25, 0.3) is 55.3 Å². The number of ether oxygens (including phenoxy) is 2. The van der Waals surface area contributed by atoms with E-state index in [0.717, 1.165) is 73.4 Å². The van der Waals surface area contributed by atoms with Gasteiger partial charge in [0.15, 0.2) is 0 Å². The summed E-state index contributed by atoms with van der Waals surface area (Å²) < 4.78 is 13.7. The van der Waals surface area contributed by atoms with E-state index in [1.165, 1.54) is 66.4 Å². The molecule has 3 heteroatoms. The first-order valence-corrected chi connectivity index (χ1v) is 25.9. The number of para-hydroxylation sites is 5. The Hall–Kier alpha value is -9.70. The second-order valence-corrected chi connectivity index (χ2v) is 20.2. The maximum absolute atomic E-state index is 6.87. The van der Waals surface area contributed by atoms with Gasteiger partial charge in [-0.2, -0.15) is 0 Å². The normalized spacial score (nSPS) is 14.0. The number of benzene rings is 12. The molecule has 0 aromatic heterocycles. The van der Waals surface area contributed by atoms with Crippen LogP contribution in [-0.4, -0.2) is 0 Å². The largest absolute Gasteiger partial charge is 0.457 e. The fourth-order valence-corrected chi connectivity index (χ4v) is 13.6. The first-order valence-electron chi connectivity index (χ1n) is 25.9. The van der Waals surface area contributed by atoms with Gasteiger partial charge in [0.25, 0.3) is 0 Å². The molecule has 3 nitrogen and oxygen atoms in total. The standard InChI is InChI=1S/C72H45NO2/c1-2-19-46(20-3-1)47-37-39-48(40-38-47)52-23-7-13-31-64(52)73(65-32-18-30-61-70(65)54-24-6-8-25-56(54)71(61)57-26-9-14-33-66(57)74-67-34-15-10-27-58(67)71)51-41-42-53-55-43-49-21-4-5-22-50(49)44-62(55)72(63(53)45-51)59-28-11-16-35-68(59)75-69-36-17-12-29-60(69)72/h1-45H. The number of fused-ring (bicyclic) bond motifs is 19. The van der Waals surface area contributed by atoms with Gasteiger partial charge in [0.2, 0.25) is 0 Å². The van der Waals surface area contributed by atoms with Gasteiger partial charge < -0.3 is 14.4 Å². The Labute approximate surface area is 435 Å². The van der Waals surface area contributed by atoms with Crippen molar-refractivity contribution in [2.75, 3.05) is 4.90 Å². The van der Waals surface area contributed by atoms with Gasteiger partial charge in [-0.05, 0) is 127 Å². The molecule has 0 unspecified atom stereocenters. The minimum atomic E-state index is -0.695. The molecule has 75 heavy (non-hydrogen) atoms. The van der Waals surface area contributed by atoms with Crippen LogP contribution in [0.3, 0.4) is 0 Å². The maximum atomic E-state index is 6.87. The monoisotopic (exact) mass is 955 g/mol. The van der Waals surface area contributed by atoms with Crippen LogP contribution in [0.15, 0.2) is 273 Å². The molecule has 4 aliphatic rings. The third kappa shape index (κ3) is 5.75. The van der Waals surface area contributed by atoms with Gasteiger partial charge >= 0.3 is 0 Å². The molecule has 12 aromatic rings. The Bertz CT molecular complexity index is 4230. The molecule has 2 heterocycles. The average molecular weight is 956 g/mol. The van der Waals surface area contributed by atoms with Gasteiger partial charge in [-0.1, -0.05) is 212 Å². The fourth-order valence-electron chi connectivity index (χ4n) is 13.6. The van der Waals surface area contributed by atoms with E-state index in [1.807, 2.05) is 0 Å². The minimum Gasteiger partial charge on any atom is -0.457 e. The molecule has 0 atom stereocenters. The van der Waals surface area contributed by atoms with E-state index in [-0.39, 0.29) is 0 Å². The molecule has 0 amide bonds. The van der Waals surface area contributed by atoms with Crippen LogP contribution in [0.5, 0.6) is 23.0 Å². The van der Waals surface area contributed by atoms with E-state index in [4.69, 9.17) is 9.47 Å². The minimum absolute atomic E-state index is 0.646. The topological polar surface area (TPSA) is 21.7 Å². The Morgan fingerprint density at radius 1 is 0.253 bits per heavy atom. The van der Waals surface area contributed by atoms with E-state index >= 15 is 0 Å². The van der Waals surface area contributed by atoms with Crippen LogP contribution in [0.1, 0.15) is 44.5 Å². The van der Waals surface area contributed by atoms with Crippen molar-refractivity contribution < 1.29 is 9.47 Å². The van der Waals surface area contributed by atoms with Crippen LogP contribution in [-0.2, 0) is 10.8 Å². The summed E-state index contributed by atoms with van der Waals surface area (Å²) in [6, 6.07) is 100. The molecular formula is C72H45NO2. The third-order valence-corrected chi connectivity index (χ3v) is 16.6. The van der Waals surface area contributed by atoms with Crippen molar-refractivity contribution in [2.45, 2.75) is 10.8 Å². The van der Waals surface area contributed by atoms with E-state index in [9.17, 15) is 0 Å². The predicted molar refractivity (Wildman–Crippen MR) is 304 cm³/mol. The Morgan fingerprint density at radius 2 is 0.707 bits per heavy atom. The van der Waals surface area contributed by atoms with Crippen LogP contribution >= 0.6 is 0 Å². The van der Waals surface area contributed by atoms with Gasteiger partial charge in [0, 0.05) is 39.1 Å². The van der Waals surface area contributed by atoms with Gasteiger partial charge in [-0.25, -0.2) is 0 Å². The van der Waals surface area contributed by atoms with Gasteiger partial charge in [0.1, 0.15) is 23.0 Å². The quantitative estimate of drug-likeness (QED) is 0.172. The van der Waals surface area contributed by atoms with Crippen molar-refractivity contribution in [1.82, 2.24) is 0 Å². The van der Waals surface area contributed by atoms with E-state index in [2.05, 4.69) is 278 Å². The molecule has 0 N–H and O–H groups in total. The second kappa shape index (κ2) is 15.9. The summed E-state index contributed by atoms with van der Waals surface area (Å²) in [6.45, 7) is 0. The Kier molecular flexibility index (Phi) is 8.88. The molecule has 0 bridgehead atoms. The van der Waals surface area contributed by atoms with Crippen molar-refractivity contribution >= 4 is 27.8 Å². The number of nitrogens with zero attached hydrogens (tertiary/aromatic N) is 1. The predicted octanol–water partition coefficient (Wildman–Crippen LogP) is 18.6. The lowest BCUT2D eigenvalue weighted by Crippen LogP contribution is -2.32. The third-order valence-electron chi connectivity index (χ3n) is 16.6. The highest BCUT2D eigenvalue weighted by molar-refractivity contribution is 6.02. The SMILES string of the molecule is c1ccc(-c2ccc(-c3ccccc3N(c3ccc4c(c3)C3(c5ccccc5Oc5ccccc53)c3cc5ccccc5cc3-4)c3cccc4c3-c3ccccc3C43c4ccccc4Oc4ccccc43)cc2)cc1. The Morgan fingerprint density at radius 3 is 1.35 bits per heavy atom. The van der Waals surface area contributed by atoms with Crippen LogP contribution < -0.4 is 14.4 Å². The smallest absolute Gasteiger partial charge is 0.132 e. The lowest BCUT2D eigenvalue weighted by molar-refractivity contribution is 0.436. The summed E-state index contributed by atoms with van der Waals surface area (Å²) in [5, 5.41) is 2.43. The maximum Gasteiger partial charge on any atom is 0.132 e. The summed E-state index contributed by atoms with van der Waals surface area (Å²) in [6.07, 6.45) is 0. The summed E-state index contributed by atoms with van der Waals surface area (Å²) in [4.78, 5) is 2.55. The molecule has 0 radical (unpaired) electrons. The molecular weight excluding hydrogens is 911 g/mol. The zero-order chi connectivity index (χ0) is 49.2. The number of hydrogen-bond acceptors (Lipinski definition) is 3. The molecule has 2 aliphatic carbocycles. The van der Waals surface area contributed by atoms with Gasteiger partial charge in [0.05, 0.1) is 22.2 Å². The van der Waals surface area contributed by atoms with Gasteiger partial charge in [-0.3, -0.25) is 0 Å². The van der Waals surface area contributed by atoms with Crippen molar-refractivity contribution in [3.05, 3.63) is 317 Å². The summed E-state index contributed by atoms with van der Waals surface area (Å²) in [5.41, 5.74) is 20.9. The summed E-state index contributed by atoms with van der Waals surface area (Å²) in [5.74, 6) is 3.49. The molecule has 0 saturated carbocycles. The molecule has 16 rings (SSSR count). The number of rotatable bonds is 5. The highest BCUT2D eigenvalue weighted by atomic mass is 16.5. The Balaban J connectivity index is 1.00. The van der Waals surface area contributed by atoms with Crippen molar-refractivity contribution in [3.63, 3.8) is 0 Å². The molecule has 2 aliphatic heterocycles. The molecule has 12 aromatic carbocycles. The van der Waals surface area contributed by atoms with Gasteiger partial charge in [-0.15, -0.1) is 0 Å². The lowest BCUT2D eigenvalue weighted by atomic mass is 9.66. The van der Waals surface area contributed by atoms with Crippen molar-refractivity contribution in [2.24, 2.45) is 0 Å². The highest BCUT2D eigenvalue weighted by Crippen LogP contribution is 2.66. The van der Waals surface area contributed by atoms with E-state index < -0.39 is 10.8 Å². The fraction of sp³-hybridized carbons (Fsp3) is 0.0278. The summed E-state index contributed by atoms with van der Waals surface area (Å²) in [7, 11) is 0. The number of hydrogen-bond donors (Lipinski definition) is 0. The first kappa shape index (κ1) is 41.9. The number of anilines is 3. The molecule has 0 fully saturated rings. The molecule has 0 saturated heterocycles. The van der Waals surface area contributed by atoms with Crippen LogP contribution in [0.2, 0.25) is 0 Å². The van der Waals surface area contributed by atoms with Crippen molar-refractivity contribution in [1.29, 1.82) is 0 Å². The van der Waals surface area contributed by atoms with E-state index in [0.29, 0.717) is 0 Å². The molecule has 350 valence electrons. The zero-order valence-electron chi connectivity index (χ0n) is 40.7. The average Bonchev–Trinajstić information content (AvgIpc) is 4.14. The highest BCUT2D eigenvalue weighted by Gasteiger charge is 2.54. The molecule has 2 spiro atoms. The van der Waals surface area contributed by atoms with E-state index in [1.54, 1.807) is 0 Å². The van der Waals surface area contributed by atoms with Crippen LogP contribution in [0, 0.1) is 0 Å². The first-order chi connectivity index (χ1) is 37.2.